The summed E-state index contributed by atoms with van der Waals surface area (Å²) in [7, 11) is 2.01. The highest BCUT2D eigenvalue weighted by atomic mass is 16.5. The van der Waals surface area contributed by atoms with E-state index in [2.05, 4.69) is 53.4 Å². The zero-order chi connectivity index (χ0) is 18.9. The van der Waals surface area contributed by atoms with Crippen LogP contribution in [0.2, 0.25) is 0 Å². The van der Waals surface area contributed by atoms with Crippen molar-refractivity contribution in [2.24, 2.45) is 0 Å². The second kappa shape index (κ2) is 7.47. The Morgan fingerprint density at radius 2 is 1.74 bits per heavy atom. The third-order valence-corrected chi connectivity index (χ3v) is 6.41. The van der Waals surface area contributed by atoms with Gasteiger partial charge < -0.3 is 4.74 Å². The molecular formula is C24H29NO2. The fourth-order valence-electron chi connectivity index (χ4n) is 5.31. The lowest BCUT2D eigenvalue weighted by Gasteiger charge is -2.50. The molecule has 3 aliphatic rings. The average molecular weight is 364 g/mol. The molecule has 0 heterocycles. The van der Waals surface area contributed by atoms with E-state index >= 15 is 0 Å². The van der Waals surface area contributed by atoms with Crippen molar-refractivity contribution in [3.8, 4) is 0 Å². The first-order valence-electron chi connectivity index (χ1n) is 10.2. The van der Waals surface area contributed by atoms with Gasteiger partial charge in [-0.3, -0.25) is 9.69 Å². The zero-order valence-electron chi connectivity index (χ0n) is 16.4. The second-order valence-electron chi connectivity index (χ2n) is 7.99. The SMILES string of the molecule is CCOC(=O)CN(C)CCCC12CCC(c3ccccc31)c1ccccc12. The third-order valence-electron chi connectivity index (χ3n) is 6.41. The second-order valence-corrected chi connectivity index (χ2v) is 7.99. The Bertz CT molecular complexity index is 781. The van der Waals surface area contributed by atoms with Crippen LogP contribution in [0.1, 0.15) is 60.8 Å². The molecule has 0 atom stereocenters. The van der Waals surface area contributed by atoms with Crippen LogP contribution in [0.4, 0.5) is 0 Å². The van der Waals surface area contributed by atoms with Gasteiger partial charge in [0, 0.05) is 11.3 Å². The van der Waals surface area contributed by atoms with Crippen LogP contribution < -0.4 is 0 Å². The normalized spacial score (nSPS) is 22.4. The van der Waals surface area contributed by atoms with Gasteiger partial charge in [0.1, 0.15) is 0 Å². The number of hydrogen-bond acceptors (Lipinski definition) is 3. The molecule has 0 saturated heterocycles. The smallest absolute Gasteiger partial charge is 0.320 e. The molecule has 3 nitrogen and oxygen atoms in total. The third kappa shape index (κ3) is 3.19. The molecule has 0 fully saturated rings. The Balaban J connectivity index is 1.55. The van der Waals surface area contributed by atoms with E-state index in [4.69, 9.17) is 4.74 Å². The molecule has 2 aromatic rings. The van der Waals surface area contributed by atoms with Gasteiger partial charge in [0.15, 0.2) is 0 Å². The number of carbonyl (C=O) groups excluding carboxylic acids is 1. The minimum atomic E-state index is -0.132. The summed E-state index contributed by atoms with van der Waals surface area (Å²) >= 11 is 0. The molecule has 142 valence electrons. The van der Waals surface area contributed by atoms with Crippen molar-refractivity contribution in [1.29, 1.82) is 0 Å². The molecule has 27 heavy (non-hydrogen) atoms. The lowest BCUT2D eigenvalue weighted by atomic mass is 9.54. The van der Waals surface area contributed by atoms with Gasteiger partial charge in [-0.15, -0.1) is 0 Å². The Morgan fingerprint density at radius 3 is 2.37 bits per heavy atom. The van der Waals surface area contributed by atoms with Crippen molar-refractivity contribution in [3.05, 3.63) is 70.8 Å². The van der Waals surface area contributed by atoms with Crippen molar-refractivity contribution in [3.63, 3.8) is 0 Å². The number of fused-ring (bicyclic) bond motifs is 1. The first kappa shape index (κ1) is 18.2. The summed E-state index contributed by atoms with van der Waals surface area (Å²) in [6.07, 6.45) is 4.67. The summed E-state index contributed by atoms with van der Waals surface area (Å²) < 4.78 is 5.07. The molecule has 0 amide bonds. The first-order valence-corrected chi connectivity index (χ1v) is 10.2. The average Bonchev–Trinajstić information content (AvgIpc) is 2.69. The summed E-state index contributed by atoms with van der Waals surface area (Å²) in [6.45, 7) is 3.58. The van der Waals surface area contributed by atoms with Gasteiger partial charge in [-0.25, -0.2) is 0 Å². The highest BCUT2D eigenvalue weighted by molar-refractivity contribution is 5.71. The maximum absolute atomic E-state index is 11.7. The quantitative estimate of drug-likeness (QED) is 0.679. The van der Waals surface area contributed by atoms with Gasteiger partial charge in [-0.1, -0.05) is 48.5 Å². The Labute approximate surface area is 162 Å². The van der Waals surface area contributed by atoms with Crippen molar-refractivity contribution < 1.29 is 9.53 Å². The summed E-state index contributed by atoms with van der Waals surface area (Å²) in [5, 5.41) is 0. The van der Waals surface area contributed by atoms with Gasteiger partial charge in [0.05, 0.1) is 13.2 Å². The Kier molecular flexibility index (Phi) is 5.05. The predicted octanol–water partition coefficient (Wildman–Crippen LogP) is 4.49. The molecule has 2 bridgehead atoms. The molecule has 0 aliphatic heterocycles. The van der Waals surface area contributed by atoms with E-state index < -0.39 is 0 Å². The highest BCUT2D eigenvalue weighted by Crippen LogP contribution is 2.57. The van der Waals surface area contributed by atoms with E-state index in [1.807, 2.05) is 14.0 Å². The van der Waals surface area contributed by atoms with E-state index in [0.717, 1.165) is 19.4 Å². The van der Waals surface area contributed by atoms with Gasteiger partial charge in [-0.2, -0.15) is 0 Å². The van der Waals surface area contributed by atoms with Crippen LogP contribution >= 0.6 is 0 Å². The van der Waals surface area contributed by atoms with Crippen LogP contribution in [0.3, 0.4) is 0 Å². The van der Waals surface area contributed by atoms with E-state index in [-0.39, 0.29) is 11.4 Å². The number of nitrogens with zero attached hydrogens (tertiary/aromatic N) is 1. The van der Waals surface area contributed by atoms with Crippen LogP contribution in [0, 0.1) is 0 Å². The molecule has 2 aromatic carbocycles. The minimum absolute atomic E-state index is 0.132. The van der Waals surface area contributed by atoms with Crippen molar-refractivity contribution in [2.75, 3.05) is 26.7 Å². The summed E-state index contributed by atoms with van der Waals surface area (Å²) in [5.74, 6) is 0.429. The number of benzene rings is 2. The summed E-state index contributed by atoms with van der Waals surface area (Å²) in [5.41, 5.74) is 6.26. The highest BCUT2D eigenvalue weighted by Gasteiger charge is 2.47. The van der Waals surface area contributed by atoms with Gasteiger partial charge in [-0.05, 0) is 68.5 Å². The van der Waals surface area contributed by atoms with Crippen LogP contribution in [0.15, 0.2) is 48.5 Å². The topological polar surface area (TPSA) is 29.5 Å². The van der Waals surface area contributed by atoms with Crippen LogP contribution in [0.5, 0.6) is 0 Å². The lowest BCUT2D eigenvalue weighted by Crippen LogP contribution is -2.40. The van der Waals surface area contributed by atoms with Crippen LogP contribution in [-0.4, -0.2) is 37.6 Å². The van der Waals surface area contributed by atoms with Crippen LogP contribution in [0.25, 0.3) is 0 Å². The maximum atomic E-state index is 11.7. The number of ether oxygens (including phenoxy) is 1. The number of likely N-dealkylation sites (N-methyl/N-ethyl adjacent to an activating group) is 1. The van der Waals surface area contributed by atoms with E-state index in [0.29, 0.717) is 19.1 Å². The van der Waals surface area contributed by atoms with E-state index in [1.54, 1.807) is 0 Å². The van der Waals surface area contributed by atoms with Crippen molar-refractivity contribution >= 4 is 5.97 Å². The monoisotopic (exact) mass is 363 g/mol. The molecule has 0 aromatic heterocycles. The largest absolute Gasteiger partial charge is 0.465 e. The van der Waals surface area contributed by atoms with Gasteiger partial charge >= 0.3 is 5.97 Å². The van der Waals surface area contributed by atoms with Crippen molar-refractivity contribution in [1.82, 2.24) is 4.90 Å². The zero-order valence-corrected chi connectivity index (χ0v) is 16.4. The molecule has 0 N–H and O–H groups in total. The number of carbonyl (C=O) groups is 1. The van der Waals surface area contributed by atoms with E-state index in [1.165, 1.54) is 35.1 Å². The number of rotatable bonds is 7. The molecule has 0 radical (unpaired) electrons. The van der Waals surface area contributed by atoms with Crippen LogP contribution in [-0.2, 0) is 14.9 Å². The van der Waals surface area contributed by atoms with E-state index in [9.17, 15) is 4.79 Å². The molecule has 0 spiro atoms. The number of esters is 1. The fourth-order valence-corrected chi connectivity index (χ4v) is 5.31. The maximum Gasteiger partial charge on any atom is 0.320 e. The summed E-state index contributed by atoms with van der Waals surface area (Å²) in [6, 6.07) is 18.1. The molecule has 0 saturated carbocycles. The molecule has 3 aliphatic carbocycles. The predicted molar refractivity (Wildman–Crippen MR) is 108 cm³/mol. The Morgan fingerprint density at radius 1 is 1.11 bits per heavy atom. The standard InChI is InChI=1S/C24H29NO2/c1-3-27-23(26)17-25(2)16-8-14-24-15-13-18(19-9-4-6-11-21(19)24)20-10-5-7-12-22(20)24/h4-7,9-12,18H,3,8,13-17H2,1-2H3. The lowest BCUT2D eigenvalue weighted by molar-refractivity contribution is -0.144. The molecule has 5 rings (SSSR count). The van der Waals surface area contributed by atoms with Gasteiger partial charge in [0.2, 0.25) is 0 Å². The molecule has 0 unspecified atom stereocenters. The fraction of sp³-hybridized carbons (Fsp3) is 0.458. The number of hydrogen-bond donors (Lipinski definition) is 0. The van der Waals surface area contributed by atoms with Gasteiger partial charge in [0.25, 0.3) is 0 Å². The Hall–Kier alpha value is -2.13. The van der Waals surface area contributed by atoms with Crippen molar-refractivity contribution in [2.45, 2.75) is 43.9 Å². The summed E-state index contributed by atoms with van der Waals surface area (Å²) in [4.78, 5) is 13.8. The first-order chi connectivity index (χ1) is 13.2. The molecule has 3 heteroatoms. The minimum Gasteiger partial charge on any atom is -0.465 e. The molecular weight excluding hydrogens is 334 g/mol.